The molecule has 2 rings (SSSR count). The summed E-state index contributed by atoms with van der Waals surface area (Å²) in [6, 6.07) is 5.73. The molecule has 90 valence electrons. The summed E-state index contributed by atoms with van der Waals surface area (Å²) in [4.78, 5) is 10.8. The molecule has 17 heavy (non-hydrogen) atoms. The molecule has 1 heterocycles. The summed E-state index contributed by atoms with van der Waals surface area (Å²) < 4.78 is 5.18. The molecule has 0 fully saturated rings. The predicted octanol–water partition coefficient (Wildman–Crippen LogP) is 1.25. The highest BCUT2D eigenvalue weighted by Gasteiger charge is 2.06. The zero-order valence-electron chi connectivity index (χ0n) is 9.91. The van der Waals surface area contributed by atoms with Gasteiger partial charge in [0.2, 0.25) is 5.91 Å². The molecule has 0 aliphatic carbocycles. The van der Waals surface area contributed by atoms with Crippen molar-refractivity contribution in [3.05, 3.63) is 23.9 Å². The van der Waals surface area contributed by atoms with Gasteiger partial charge < -0.3 is 10.1 Å². The standard InChI is InChI=1S/C12H15N3O2/c1-8(16)13-6-5-12-10-7-9(17-2)3-4-11(10)14-15-12/h3-4,7H,5-6H2,1-2H3,(H,13,16)(H,14,15). The Hall–Kier alpha value is -2.04. The fraction of sp³-hybridized carbons (Fsp3) is 0.333. The molecular formula is C12H15N3O2. The number of carbonyl (C=O) groups excluding carboxylic acids is 1. The van der Waals surface area contributed by atoms with Crippen LogP contribution in [0.2, 0.25) is 0 Å². The number of H-pyrrole nitrogens is 1. The third-order valence-electron chi connectivity index (χ3n) is 2.59. The Morgan fingerprint density at radius 3 is 3.06 bits per heavy atom. The third-order valence-corrected chi connectivity index (χ3v) is 2.59. The lowest BCUT2D eigenvalue weighted by Gasteiger charge is -2.02. The minimum atomic E-state index is -0.0219. The summed E-state index contributed by atoms with van der Waals surface area (Å²) in [7, 11) is 1.64. The largest absolute Gasteiger partial charge is 0.497 e. The zero-order chi connectivity index (χ0) is 12.3. The van der Waals surface area contributed by atoms with Gasteiger partial charge in [0.05, 0.1) is 12.6 Å². The summed E-state index contributed by atoms with van der Waals surface area (Å²) in [5.41, 5.74) is 1.91. The summed E-state index contributed by atoms with van der Waals surface area (Å²) in [6.07, 6.45) is 0.725. The number of hydrogen-bond acceptors (Lipinski definition) is 3. The SMILES string of the molecule is COc1ccc2n[nH]c(CCNC(C)=O)c2c1. The van der Waals surface area contributed by atoms with E-state index in [0.717, 1.165) is 28.8 Å². The van der Waals surface area contributed by atoms with Gasteiger partial charge in [-0.3, -0.25) is 9.89 Å². The summed E-state index contributed by atoms with van der Waals surface area (Å²) in [6.45, 7) is 2.11. The number of aromatic nitrogens is 2. The molecule has 1 aromatic heterocycles. The minimum Gasteiger partial charge on any atom is -0.497 e. The molecule has 0 aliphatic heterocycles. The van der Waals surface area contributed by atoms with E-state index in [0.29, 0.717) is 6.54 Å². The Labute approximate surface area is 99.2 Å². The lowest BCUT2D eigenvalue weighted by Crippen LogP contribution is -2.22. The Morgan fingerprint density at radius 2 is 2.35 bits per heavy atom. The smallest absolute Gasteiger partial charge is 0.216 e. The normalized spacial score (nSPS) is 10.5. The minimum absolute atomic E-state index is 0.0219. The average molecular weight is 233 g/mol. The molecule has 0 unspecified atom stereocenters. The summed E-state index contributed by atoms with van der Waals surface area (Å²) in [5, 5.41) is 11.0. The maximum absolute atomic E-state index is 10.8. The molecular weight excluding hydrogens is 218 g/mol. The molecule has 0 spiro atoms. The van der Waals surface area contributed by atoms with Crippen molar-refractivity contribution >= 4 is 16.8 Å². The molecule has 2 N–H and O–H groups in total. The molecule has 0 aliphatic rings. The Morgan fingerprint density at radius 1 is 1.53 bits per heavy atom. The average Bonchev–Trinajstić information content (AvgIpc) is 2.71. The number of amides is 1. The van der Waals surface area contributed by atoms with Crippen molar-refractivity contribution in [3.63, 3.8) is 0 Å². The van der Waals surface area contributed by atoms with E-state index in [1.165, 1.54) is 6.92 Å². The first kappa shape index (κ1) is 11.4. The van der Waals surface area contributed by atoms with Crippen LogP contribution in [0, 0.1) is 0 Å². The van der Waals surface area contributed by atoms with Crippen LogP contribution in [0.4, 0.5) is 0 Å². The molecule has 0 radical (unpaired) electrons. The highest BCUT2D eigenvalue weighted by Crippen LogP contribution is 2.21. The molecule has 1 aromatic carbocycles. The molecule has 0 bridgehead atoms. The van der Waals surface area contributed by atoms with Crippen LogP contribution >= 0.6 is 0 Å². The molecule has 1 amide bonds. The second-order valence-electron chi connectivity index (χ2n) is 3.82. The number of methoxy groups -OCH3 is 1. The van der Waals surface area contributed by atoms with Gasteiger partial charge in [-0.2, -0.15) is 5.10 Å². The van der Waals surface area contributed by atoms with Crippen molar-refractivity contribution in [3.8, 4) is 5.75 Å². The van der Waals surface area contributed by atoms with Crippen molar-refractivity contribution in [2.45, 2.75) is 13.3 Å². The van der Waals surface area contributed by atoms with Crippen LogP contribution in [0.5, 0.6) is 5.75 Å². The fourth-order valence-electron chi connectivity index (χ4n) is 1.72. The molecule has 0 atom stereocenters. The molecule has 0 saturated heterocycles. The highest BCUT2D eigenvalue weighted by molar-refractivity contribution is 5.83. The number of hydrogen-bond donors (Lipinski definition) is 2. The van der Waals surface area contributed by atoms with Crippen molar-refractivity contribution in [2.75, 3.05) is 13.7 Å². The van der Waals surface area contributed by atoms with Crippen LogP contribution in [0.1, 0.15) is 12.6 Å². The lowest BCUT2D eigenvalue weighted by atomic mass is 10.1. The summed E-state index contributed by atoms with van der Waals surface area (Å²) in [5.74, 6) is 0.783. The highest BCUT2D eigenvalue weighted by atomic mass is 16.5. The van der Waals surface area contributed by atoms with Crippen LogP contribution in [0.25, 0.3) is 10.9 Å². The molecule has 2 aromatic rings. The van der Waals surface area contributed by atoms with E-state index >= 15 is 0 Å². The zero-order valence-corrected chi connectivity index (χ0v) is 9.91. The maximum atomic E-state index is 10.8. The van der Waals surface area contributed by atoms with Crippen molar-refractivity contribution in [1.82, 2.24) is 15.5 Å². The number of nitrogens with one attached hydrogen (secondary N) is 2. The fourth-order valence-corrected chi connectivity index (χ4v) is 1.72. The quantitative estimate of drug-likeness (QED) is 0.835. The van der Waals surface area contributed by atoms with Gasteiger partial charge in [0.1, 0.15) is 5.75 Å². The number of rotatable bonds is 4. The van der Waals surface area contributed by atoms with Crippen LogP contribution in [0.3, 0.4) is 0 Å². The second-order valence-corrected chi connectivity index (χ2v) is 3.82. The van der Waals surface area contributed by atoms with Gasteiger partial charge >= 0.3 is 0 Å². The lowest BCUT2D eigenvalue weighted by molar-refractivity contribution is -0.118. The first-order chi connectivity index (χ1) is 8.20. The van der Waals surface area contributed by atoms with Gasteiger partial charge in [0, 0.05) is 31.0 Å². The number of benzene rings is 1. The molecule has 5 heteroatoms. The first-order valence-electron chi connectivity index (χ1n) is 5.46. The van der Waals surface area contributed by atoms with Gasteiger partial charge in [0.25, 0.3) is 0 Å². The monoisotopic (exact) mass is 233 g/mol. The van der Waals surface area contributed by atoms with Crippen molar-refractivity contribution < 1.29 is 9.53 Å². The van der Waals surface area contributed by atoms with Crippen LogP contribution < -0.4 is 10.1 Å². The van der Waals surface area contributed by atoms with Gasteiger partial charge in [-0.25, -0.2) is 0 Å². The van der Waals surface area contributed by atoms with E-state index in [4.69, 9.17) is 4.74 Å². The topological polar surface area (TPSA) is 67.0 Å². The second kappa shape index (κ2) is 4.86. The van der Waals surface area contributed by atoms with Gasteiger partial charge in [-0.1, -0.05) is 0 Å². The van der Waals surface area contributed by atoms with E-state index in [9.17, 15) is 4.79 Å². The van der Waals surface area contributed by atoms with E-state index in [1.807, 2.05) is 18.2 Å². The number of carbonyl (C=O) groups is 1. The van der Waals surface area contributed by atoms with Crippen molar-refractivity contribution in [2.24, 2.45) is 0 Å². The van der Waals surface area contributed by atoms with Gasteiger partial charge in [-0.05, 0) is 18.2 Å². The molecule has 0 saturated carbocycles. The van der Waals surface area contributed by atoms with Crippen LogP contribution in [-0.2, 0) is 11.2 Å². The van der Waals surface area contributed by atoms with E-state index < -0.39 is 0 Å². The maximum Gasteiger partial charge on any atom is 0.216 e. The van der Waals surface area contributed by atoms with Gasteiger partial charge in [-0.15, -0.1) is 0 Å². The predicted molar refractivity (Wildman–Crippen MR) is 65.0 cm³/mol. The summed E-state index contributed by atoms with van der Waals surface area (Å²) >= 11 is 0. The number of fused-ring (bicyclic) bond motifs is 1. The van der Waals surface area contributed by atoms with Crippen LogP contribution in [-0.4, -0.2) is 29.8 Å². The molecule has 5 nitrogen and oxygen atoms in total. The first-order valence-corrected chi connectivity index (χ1v) is 5.46. The van der Waals surface area contributed by atoms with Crippen LogP contribution in [0.15, 0.2) is 18.2 Å². The Kier molecular flexibility index (Phi) is 3.27. The van der Waals surface area contributed by atoms with E-state index in [-0.39, 0.29) is 5.91 Å². The Balaban J connectivity index is 2.19. The van der Waals surface area contributed by atoms with Gasteiger partial charge in [0.15, 0.2) is 0 Å². The number of nitrogens with zero attached hydrogens (tertiary/aromatic N) is 1. The third kappa shape index (κ3) is 2.55. The number of aromatic amines is 1. The van der Waals surface area contributed by atoms with Crippen molar-refractivity contribution in [1.29, 1.82) is 0 Å². The van der Waals surface area contributed by atoms with E-state index in [1.54, 1.807) is 7.11 Å². The Bertz CT molecular complexity index is 534. The number of ether oxygens (including phenoxy) is 1. The van der Waals surface area contributed by atoms with E-state index in [2.05, 4.69) is 15.5 Å².